The fraction of sp³-hybridized carbons (Fsp3) is 0.235. The molecule has 0 saturated heterocycles. The number of benzene rings is 1. The minimum Gasteiger partial charge on any atom is -0.496 e. The first kappa shape index (κ1) is 15.8. The Morgan fingerprint density at radius 3 is 2.50 bits per heavy atom. The predicted octanol–water partition coefficient (Wildman–Crippen LogP) is 3.45. The van der Waals surface area contributed by atoms with Gasteiger partial charge in [0.05, 0.1) is 35.4 Å². The fourth-order valence-electron chi connectivity index (χ4n) is 2.00. The molecule has 2 aromatic rings. The summed E-state index contributed by atoms with van der Waals surface area (Å²) in [5.74, 6) is -0.526. The molecule has 1 heterocycles. The van der Waals surface area contributed by atoms with Crippen molar-refractivity contribution >= 4 is 11.9 Å². The van der Waals surface area contributed by atoms with Crippen molar-refractivity contribution in [2.75, 3.05) is 7.11 Å². The van der Waals surface area contributed by atoms with Crippen LogP contribution in [0.5, 0.6) is 5.75 Å². The number of rotatable bonds is 4. The van der Waals surface area contributed by atoms with Crippen LogP contribution in [0, 0.1) is 26.6 Å². The Kier molecular flexibility index (Phi) is 4.65. The maximum Gasteiger partial charge on any atom is 0.189 e. The van der Waals surface area contributed by atoms with E-state index in [0.29, 0.717) is 11.3 Å². The third kappa shape index (κ3) is 3.36. The molecule has 0 amide bonds. The lowest BCUT2D eigenvalue weighted by molar-refractivity contribution is 0.104. The smallest absolute Gasteiger partial charge is 0.189 e. The van der Waals surface area contributed by atoms with Crippen LogP contribution in [0.4, 0.5) is 4.39 Å². The highest BCUT2D eigenvalue weighted by atomic mass is 19.1. The summed E-state index contributed by atoms with van der Waals surface area (Å²) in [5.41, 5.74) is 3.36. The van der Waals surface area contributed by atoms with Crippen LogP contribution in [0.3, 0.4) is 0 Å². The van der Waals surface area contributed by atoms with Gasteiger partial charge in [-0.15, -0.1) is 0 Å². The average molecular weight is 300 g/mol. The SMILES string of the molecule is COc1cc(F)ccc1C(=O)/C=C/c1nc(C)c(C)nc1C. The summed E-state index contributed by atoms with van der Waals surface area (Å²) in [7, 11) is 1.40. The van der Waals surface area contributed by atoms with Gasteiger partial charge < -0.3 is 4.74 Å². The van der Waals surface area contributed by atoms with Crippen LogP contribution in [0.2, 0.25) is 0 Å². The molecule has 0 unspecified atom stereocenters. The maximum absolute atomic E-state index is 13.2. The maximum atomic E-state index is 13.2. The second kappa shape index (κ2) is 6.47. The standard InChI is InChI=1S/C17H17FN2O2/c1-10-11(2)20-15(12(3)19-10)7-8-16(21)14-6-5-13(18)9-17(14)22-4/h5-9H,1-4H3/b8-7+. The molecule has 114 valence electrons. The zero-order valence-corrected chi connectivity index (χ0v) is 13.0. The van der Waals surface area contributed by atoms with Crippen LogP contribution in [0.25, 0.3) is 6.08 Å². The van der Waals surface area contributed by atoms with Gasteiger partial charge in [-0.05, 0) is 45.1 Å². The van der Waals surface area contributed by atoms with Crippen LogP contribution in [0.15, 0.2) is 24.3 Å². The van der Waals surface area contributed by atoms with Gasteiger partial charge in [-0.25, -0.2) is 9.37 Å². The number of hydrogen-bond donors (Lipinski definition) is 0. The monoisotopic (exact) mass is 300 g/mol. The molecule has 4 nitrogen and oxygen atoms in total. The van der Waals surface area contributed by atoms with E-state index in [4.69, 9.17) is 4.74 Å². The molecule has 0 aliphatic rings. The number of halogens is 1. The van der Waals surface area contributed by atoms with E-state index < -0.39 is 5.82 Å². The van der Waals surface area contributed by atoms with Crippen LogP contribution >= 0.6 is 0 Å². The predicted molar refractivity (Wildman–Crippen MR) is 82.6 cm³/mol. The second-order valence-corrected chi connectivity index (χ2v) is 4.91. The Morgan fingerprint density at radius 2 is 1.82 bits per heavy atom. The molecule has 0 saturated carbocycles. The van der Waals surface area contributed by atoms with E-state index in [0.717, 1.165) is 17.1 Å². The molecule has 22 heavy (non-hydrogen) atoms. The van der Waals surface area contributed by atoms with Gasteiger partial charge in [0.1, 0.15) is 11.6 Å². The summed E-state index contributed by atoms with van der Waals surface area (Å²) in [5, 5.41) is 0. The first-order valence-corrected chi connectivity index (χ1v) is 6.80. The normalized spacial score (nSPS) is 11.0. The van der Waals surface area contributed by atoms with Crippen molar-refractivity contribution in [3.63, 3.8) is 0 Å². The molecule has 0 bridgehead atoms. The first-order chi connectivity index (χ1) is 10.4. The van der Waals surface area contributed by atoms with Crippen LogP contribution in [-0.4, -0.2) is 22.9 Å². The highest BCUT2D eigenvalue weighted by Gasteiger charge is 2.11. The molecule has 0 atom stereocenters. The fourth-order valence-corrected chi connectivity index (χ4v) is 2.00. The van der Waals surface area contributed by atoms with Gasteiger partial charge in [0.25, 0.3) is 0 Å². The van der Waals surface area contributed by atoms with Gasteiger partial charge in [-0.1, -0.05) is 0 Å². The minimum atomic E-state index is -0.451. The van der Waals surface area contributed by atoms with Gasteiger partial charge in [-0.2, -0.15) is 0 Å². The number of hydrogen-bond acceptors (Lipinski definition) is 4. The molecule has 1 aromatic carbocycles. The van der Waals surface area contributed by atoms with Crippen molar-refractivity contribution in [3.8, 4) is 5.75 Å². The van der Waals surface area contributed by atoms with Crippen LogP contribution in [0.1, 0.15) is 33.1 Å². The zero-order valence-electron chi connectivity index (χ0n) is 13.0. The Bertz CT molecular complexity index is 755. The van der Waals surface area contributed by atoms with Gasteiger partial charge in [0.15, 0.2) is 5.78 Å². The molecule has 0 aliphatic carbocycles. The van der Waals surface area contributed by atoms with E-state index in [9.17, 15) is 9.18 Å². The Hall–Kier alpha value is -2.56. The molecule has 0 fully saturated rings. The Labute approximate surface area is 128 Å². The number of aromatic nitrogens is 2. The number of aryl methyl sites for hydroxylation is 3. The number of nitrogens with zero attached hydrogens (tertiary/aromatic N) is 2. The number of carbonyl (C=O) groups is 1. The van der Waals surface area contributed by atoms with Crippen molar-refractivity contribution < 1.29 is 13.9 Å². The second-order valence-electron chi connectivity index (χ2n) is 4.91. The van der Waals surface area contributed by atoms with Gasteiger partial charge in [0.2, 0.25) is 0 Å². The molecular formula is C17H17FN2O2. The molecule has 1 aromatic heterocycles. The van der Waals surface area contributed by atoms with E-state index >= 15 is 0 Å². The lowest BCUT2D eigenvalue weighted by Crippen LogP contribution is -2.01. The highest BCUT2D eigenvalue weighted by Crippen LogP contribution is 2.21. The summed E-state index contributed by atoms with van der Waals surface area (Å²) >= 11 is 0. The molecule has 0 radical (unpaired) electrons. The first-order valence-electron chi connectivity index (χ1n) is 6.80. The molecule has 0 N–H and O–H groups in total. The summed E-state index contributed by atoms with van der Waals surface area (Å²) in [4.78, 5) is 21.0. The Balaban J connectivity index is 2.31. The molecular weight excluding hydrogens is 283 g/mol. The quantitative estimate of drug-likeness (QED) is 0.641. The minimum absolute atomic E-state index is 0.206. The van der Waals surface area contributed by atoms with Crippen LogP contribution < -0.4 is 4.74 Å². The van der Waals surface area contributed by atoms with Crippen molar-refractivity contribution in [2.24, 2.45) is 0 Å². The largest absolute Gasteiger partial charge is 0.496 e. The number of carbonyl (C=O) groups excluding carboxylic acids is 1. The third-order valence-corrected chi connectivity index (χ3v) is 3.34. The topological polar surface area (TPSA) is 52.1 Å². The van der Waals surface area contributed by atoms with E-state index in [1.165, 1.54) is 31.4 Å². The molecule has 5 heteroatoms. The number of methoxy groups -OCH3 is 1. The third-order valence-electron chi connectivity index (χ3n) is 3.34. The summed E-state index contributed by atoms with van der Waals surface area (Å²) in [6.07, 6.45) is 3.00. The van der Waals surface area contributed by atoms with Gasteiger partial charge >= 0.3 is 0 Å². The number of ketones is 1. The highest BCUT2D eigenvalue weighted by molar-refractivity contribution is 6.08. The van der Waals surface area contributed by atoms with Gasteiger partial charge in [0, 0.05) is 6.07 Å². The zero-order chi connectivity index (χ0) is 16.3. The molecule has 2 rings (SSSR count). The van der Waals surface area contributed by atoms with E-state index in [2.05, 4.69) is 9.97 Å². The van der Waals surface area contributed by atoms with Crippen molar-refractivity contribution in [1.82, 2.24) is 9.97 Å². The van der Waals surface area contributed by atoms with E-state index in [1.807, 2.05) is 20.8 Å². The number of allylic oxidation sites excluding steroid dienone is 1. The lowest BCUT2D eigenvalue weighted by atomic mass is 10.1. The lowest BCUT2D eigenvalue weighted by Gasteiger charge is -2.06. The van der Waals surface area contributed by atoms with Crippen molar-refractivity contribution in [1.29, 1.82) is 0 Å². The van der Waals surface area contributed by atoms with Crippen molar-refractivity contribution in [2.45, 2.75) is 20.8 Å². The summed E-state index contributed by atoms with van der Waals surface area (Å²) < 4.78 is 18.2. The number of ether oxygens (including phenoxy) is 1. The van der Waals surface area contributed by atoms with Gasteiger partial charge in [-0.3, -0.25) is 9.78 Å². The molecule has 0 spiro atoms. The van der Waals surface area contributed by atoms with Crippen LogP contribution in [-0.2, 0) is 0 Å². The van der Waals surface area contributed by atoms with E-state index in [-0.39, 0.29) is 11.5 Å². The summed E-state index contributed by atoms with van der Waals surface area (Å²) in [6.45, 7) is 5.59. The Morgan fingerprint density at radius 1 is 1.14 bits per heavy atom. The summed E-state index contributed by atoms with van der Waals surface area (Å²) in [6, 6.07) is 3.81. The molecule has 0 aliphatic heterocycles. The average Bonchev–Trinajstić information content (AvgIpc) is 2.49. The van der Waals surface area contributed by atoms with E-state index in [1.54, 1.807) is 6.08 Å². The van der Waals surface area contributed by atoms with Crippen molar-refractivity contribution in [3.05, 3.63) is 58.4 Å².